The second-order valence-electron chi connectivity index (χ2n) is 4.71. The van der Waals surface area contributed by atoms with Crippen LogP contribution in [0.15, 0.2) is 30.3 Å². The SMILES string of the molecule is Clc1ccccc1-c1cc(N2CCCNCC2)n[nH]1. The van der Waals surface area contributed by atoms with Crippen LogP contribution < -0.4 is 10.2 Å². The third-order valence-electron chi connectivity index (χ3n) is 3.39. The van der Waals surface area contributed by atoms with Crippen LogP contribution in [-0.2, 0) is 0 Å². The van der Waals surface area contributed by atoms with E-state index in [0.717, 1.165) is 54.7 Å². The Labute approximate surface area is 117 Å². The Bertz CT molecular complexity index is 544. The van der Waals surface area contributed by atoms with Gasteiger partial charge in [-0.25, -0.2) is 0 Å². The summed E-state index contributed by atoms with van der Waals surface area (Å²) in [6.07, 6.45) is 1.15. The Morgan fingerprint density at radius 1 is 1.16 bits per heavy atom. The highest BCUT2D eigenvalue weighted by molar-refractivity contribution is 6.33. The van der Waals surface area contributed by atoms with Crippen LogP contribution in [-0.4, -0.2) is 36.4 Å². The van der Waals surface area contributed by atoms with Gasteiger partial charge in [0, 0.05) is 36.3 Å². The van der Waals surface area contributed by atoms with E-state index in [1.807, 2.05) is 24.3 Å². The zero-order valence-corrected chi connectivity index (χ0v) is 11.5. The van der Waals surface area contributed by atoms with Gasteiger partial charge < -0.3 is 10.2 Å². The number of anilines is 1. The third-order valence-corrected chi connectivity index (χ3v) is 3.72. The van der Waals surface area contributed by atoms with Gasteiger partial charge in [0.2, 0.25) is 0 Å². The van der Waals surface area contributed by atoms with Crippen LogP contribution in [0.3, 0.4) is 0 Å². The van der Waals surface area contributed by atoms with Crippen molar-refractivity contribution in [3.05, 3.63) is 35.4 Å². The number of benzene rings is 1. The molecule has 0 unspecified atom stereocenters. The van der Waals surface area contributed by atoms with Crippen molar-refractivity contribution >= 4 is 17.4 Å². The van der Waals surface area contributed by atoms with E-state index in [1.54, 1.807) is 0 Å². The maximum absolute atomic E-state index is 6.21. The number of hydrogen-bond donors (Lipinski definition) is 2. The minimum Gasteiger partial charge on any atom is -0.354 e. The predicted molar refractivity (Wildman–Crippen MR) is 78.7 cm³/mol. The Balaban J connectivity index is 1.85. The molecule has 2 N–H and O–H groups in total. The molecular weight excluding hydrogens is 260 g/mol. The van der Waals surface area contributed by atoms with E-state index in [2.05, 4.69) is 26.5 Å². The highest BCUT2D eigenvalue weighted by Crippen LogP contribution is 2.28. The standard InChI is InChI=1S/C14H17ClN4/c15-12-5-2-1-4-11(12)13-10-14(18-17-13)19-8-3-6-16-7-9-19/h1-2,4-5,10,16H,3,6-9H2,(H,17,18). The summed E-state index contributed by atoms with van der Waals surface area (Å²) in [7, 11) is 0. The second kappa shape index (κ2) is 5.63. The quantitative estimate of drug-likeness (QED) is 0.886. The van der Waals surface area contributed by atoms with E-state index < -0.39 is 0 Å². The molecule has 4 nitrogen and oxygen atoms in total. The van der Waals surface area contributed by atoms with Crippen LogP contribution in [0.25, 0.3) is 11.3 Å². The van der Waals surface area contributed by atoms with Crippen LogP contribution in [0.4, 0.5) is 5.82 Å². The van der Waals surface area contributed by atoms with Gasteiger partial charge in [-0.15, -0.1) is 0 Å². The Hall–Kier alpha value is -1.52. The first-order chi connectivity index (χ1) is 9.34. The van der Waals surface area contributed by atoms with Crippen molar-refractivity contribution in [2.75, 3.05) is 31.1 Å². The molecule has 1 aliphatic heterocycles. The molecule has 0 aliphatic carbocycles. The lowest BCUT2D eigenvalue weighted by atomic mass is 10.1. The van der Waals surface area contributed by atoms with Crippen molar-refractivity contribution in [1.82, 2.24) is 15.5 Å². The molecule has 0 saturated carbocycles. The van der Waals surface area contributed by atoms with Gasteiger partial charge in [-0.2, -0.15) is 5.10 Å². The molecule has 5 heteroatoms. The lowest BCUT2D eigenvalue weighted by Crippen LogP contribution is -2.28. The number of aromatic amines is 1. The van der Waals surface area contributed by atoms with Crippen LogP contribution >= 0.6 is 11.6 Å². The van der Waals surface area contributed by atoms with E-state index in [-0.39, 0.29) is 0 Å². The Kier molecular flexibility index (Phi) is 3.71. The van der Waals surface area contributed by atoms with Crippen molar-refractivity contribution in [3.8, 4) is 11.3 Å². The smallest absolute Gasteiger partial charge is 0.151 e. The van der Waals surface area contributed by atoms with E-state index in [9.17, 15) is 0 Å². The number of nitrogens with zero attached hydrogens (tertiary/aromatic N) is 2. The number of H-pyrrole nitrogens is 1. The topological polar surface area (TPSA) is 44.0 Å². The van der Waals surface area contributed by atoms with Crippen molar-refractivity contribution in [2.45, 2.75) is 6.42 Å². The van der Waals surface area contributed by atoms with Gasteiger partial charge >= 0.3 is 0 Å². The van der Waals surface area contributed by atoms with Gasteiger partial charge in [0.15, 0.2) is 5.82 Å². The summed E-state index contributed by atoms with van der Waals surface area (Å²) in [6, 6.07) is 9.89. The van der Waals surface area contributed by atoms with Crippen LogP contribution in [0, 0.1) is 0 Å². The van der Waals surface area contributed by atoms with E-state index >= 15 is 0 Å². The molecule has 1 aromatic heterocycles. The molecule has 3 rings (SSSR count). The largest absolute Gasteiger partial charge is 0.354 e. The second-order valence-corrected chi connectivity index (χ2v) is 5.12. The zero-order chi connectivity index (χ0) is 13.1. The summed E-state index contributed by atoms with van der Waals surface area (Å²) in [6.45, 7) is 4.12. The first-order valence-electron chi connectivity index (χ1n) is 6.60. The fraction of sp³-hybridized carbons (Fsp3) is 0.357. The lowest BCUT2D eigenvalue weighted by Gasteiger charge is -2.18. The first kappa shape index (κ1) is 12.5. The van der Waals surface area contributed by atoms with Gasteiger partial charge in [-0.1, -0.05) is 29.8 Å². The fourth-order valence-electron chi connectivity index (χ4n) is 2.37. The van der Waals surface area contributed by atoms with E-state index in [0.29, 0.717) is 0 Å². The lowest BCUT2D eigenvalue weighted by molar-refractivity contribution is 0.724. The van der Waals surface area contributed by atoms with Crippen molar-refractivity contribution in [3.63, 3.8) is 0 Å². The molecule has 0 radical (unpaired) electrons. The first-order valence-corrected chi connectivity index (χ1v) is 6.98. The van der Waals surface area contributed by atoms with Crippen LogP contribution in [0.2, 0.25) is 5.02 Å². The normalized spacial score (nSPS) is 16.4. The molecule has 100 valence electrons. The molecule has 1 aliphatic rings. The van der Waals surface area contributed by atoms with E-state index in [4.69, 9.17) is 11.6 Å². The predicted octanol–water partition coefficient (Wildman–Crippen LogP) is 2.53. The number of halogens is 1. The molecule has 1 aromatic carbocycles. The zero-order valence-electron chi connectivity index (χ0n) is 10.7. The van der Waals surface area contributed by atoms with Gasteiger partial charge in [0.1, 0.15) is 0 Å². The fourth-order valence-corrected chi connectivity index (χ4v) is 2.60. The summed E-state index contributed by atoms with van der Waals surface area (Å²) >= 11 is 6.21. The molecule has 2 aromatic rings. The van der Waals surface area contributed by atoms with Gasteiger partial charge in [-0.05, 0) is 19.0 Å². The van der Waals surface area contributed by atoms with Gasteiger partial charge in [0.05, 0.1) is 5.69 Å². The molecule has 1 fully saturated rings. The van der Waals surface area contributed by atoms with Crippen molar-refractivity contribution < 1.29 is 0 Å². The number of rotatable bonds is 2. The number of hydrogen-bond acceptors (Lipinski definition) is 3. The maximum Gasteiger partial charge on any atom is 0.151 e. The molecule has 19 heavy (non-hydrogen) atoms. The highest BCUT2D eigenvalue weighted by atomic mass is 35.5. The Morgan fingerprint density at radius 2 is 2.05 bits per heavy atom. The van der Waals surface area contributed by atoms with Crippen molar-refractivity contribution in [2.24, 2.45) is 0 Å². The summed E-state index contributed by atoms with van der Waals surface area (Å²) in [5.74, 6) is 0.999. The number of nitrogens with one attached hydrogen (secondary N) is 2. The van der Waals surface area contributed by atoms with Gasteiger partial charge in [-0.3, -0.25) is 5.10 Å². The van der Waals surface area contributed by atoms with Crippen LogP contribution in [0.1, 0.15) is 6.42 Å². The maximum atomic E-state index is 6.21. The van der Waals surface area contributed by atoms with E-state index in [1.165, 1.54) is 0 Å². The monoisotopic (exact) mass is 276 g/mol. The minimum absolute atomic E-state index is 0.746. The molecule has 0 atom stereocenters. The summed E-state index contributed by atoms with van der Waals surface area (Å²) in [5, 5.41) is 11.6. The Morgan fingerprint density at radius 3 is 2.95 bits per heavy atom. The molecule has 0 bridgehead atoms. The molecule has 1 saturated heterocycles. The minimum atomic E-state index is 0.746. The van der Waals surface area contributed by atoms with Crippen LogP contribution in [0.5, 0.6) is 0 Å². The molecular formula is C14H17ClN4. The average Bonchev–Trinajstić information content (AvgIpc) is 2.75. The summed E-state index contributed by atoms with van der Waals surface area (Å²) in [4.78, 5) is 2.30. The summed E-state index contributed by atoms with van der Waals surface area (Å²) < 4.78 is 0. The molecule has 0 spiro atoms. The average molecular weight is 277 g/mol. The highest BCUT2D eigenvalue weighted by Gasteiger charge is 2.14. The number of aromatic nitrogens is 2. The summed E-state index contributed by atoms with van der Waals surface area (Å²) in [5.41, 5.74) is 1.97. The molecule has 0 amide bonds. The molecule has 2 heterocycles. The third kappa shape index (κ3) is 2.74. The van der Waals surface area contributed by atoms with Gasteiger partial charge in [0.25, 0.3) is 0 Å². The van der Waals surface area contributed by atoms with Crippen molar-refractivity contribution in [1.29, 1.82) is 0 Å².